The van der Waals surface area contributed by atoms with E-state index in [9.17, 15) is 14.9 Å². The molecule has 0 N–H and O–H groups in total. The van der Waals surface area contributed by atoms with E-state index in [-0.39, 0.29) is 12.1 Å². The Morgan fingerprint density at radius 1 is 1.29 bits per heavy atom. The number of aromatic nitrogens is 1. The van der Waals surface area contributed by atoms with Crippen molar-refractivity contribution in [2.75, 3.05) is 0 Å². The molecule has 0 unspecified atom stereocenters. The Kier molecular flexibility index (Phi) is 4.34. The SMILES string of the molecule is Cn1cccc1C(=O)C(Cl)(Cl)Cc1ccc([N+](=O)[O-])cc1. The molecule has 0 radical (unpaired) electrons. The molecule has 110 valence electrons. The van der Waals surface area contributed by atoms with Gasteiger partial charge in [-0.05, 0) is 17.7 Å². The van der Waals surface area contributed by atoms with Gasteiger partial charge in [0.05, 0.1) is 10.6 Å². The van der Waals surface area contributed by atoms with Crippen LogP contribution in [0.5, 0.6) is 0 Å². The van der Waals surface area contributed by atoms with Gasteiger partial charge in [-0.1, -0.05) is 35.3 Å². The number of ketones is 1. The molecule has 0 aliphatic carbocycles. The Labute approximate surface area is 131 Å². The van der Waals surface area contributed by atoms with Crippen LogP contribution >= 0.6 is 23.2 Å². The Morgan fingerprint density at radius 2 is 1.90 bits per heavy atom. The van der Waals surface area contributed by atoms with Crippen LogP contribution in [0.15, 0.2) is 42.6 Å². The number of nitro benzene ring substituents is 1. The topological polar surface area (TPSA) is 65.1 Å². The fraction of sp³-hybridized carbons (Fsp3) is 0.214. The standard InChI is InChI=1S/C14H12Cl2N2O3/c1-17-8-2-3-12(17)13(19)14(15,16)9-10-4-6-11(7-5-10)18(20)21/h2-8H,9H2,1H3. The van der Waals surface area contributed by atoms with Gasteiger partial charge in [0.15, 0.2) is 4.33 Å². The van der Waals surface area contributed by atoms with Gasteiger partial charge in [0.25, 0.3) is 5.69 Å². The van der Waals surface area contributed by atoms with Gasteiger partial charge < -0.3 is 4.57 Å². The van der Waals surface area contributed by atoms with E-state index >= 15 is 0 Å². The lowest BCUT2D eigenvalue weighted by atomic mass is 10.0. The summed E-state index contributed by atoms with van der Waals surface area (Å²) in [7, 11) is 1.73. The van der Waals surface area contributed by atoms with Gasteiger partial charge in [-0.15, -0.1) is 0 Å². The number of alkyl halides is 2. The maximum absolute atomic E-state index is 12.3. The molecule has 0 atom stereocenters. The van der Waals surface area contributed by atoms with Crippen molar-refractivity contribution in [2.24, 2.45) is 7.05 Å². The number of hydrogen-bond acceptors (Lipinski definition) is 3. The summed E-state index contributed by atoms with van der Waals surface area (Å²) in [6.07, 6.45) is 1.79. The van der Waals surface area contributed by atoms with Gasteiger partial charge in [-0.2, -0.15) is 0 Å². The number of nitrogens with zero attached hydrogens (tertiary/aromatic N) is 2. The molecule has 7 heteroatoms. The predicted octanol–water partition coefficient (Wildman–Crippen LogP) is 3.53. The van der Waals surface area contributed by atoms with Crippen LogP contribution in [0.3, 0.4) is 0 Å². The molecule has 0 spiro atoms. The van der Waals surface area contributed by atoms with Crippen LogP contribution in [0.2, 0.25) is 0 Å². The van der Waals surface area contributed by atoms with Crippen LogP contribution in [0.1, 0.15) is 16.1 Å². The molecule has 0 fully saturated rings. The maximum atomic E-state index is 12.3. The molecule has 1 aromatic carbocycles. The summed E-state index contributed by atoms with van der Waals surface area (Å²) in [6, 6.07) is 9.14. The van der Waals surface area contributed by atoms with Crippen LogP contribution in [0.4, 0.5) is 5.69 Å². The predicted molar refractivity (Wildman–Crippen MR) is 81.0 cm³/mol. The molecule has 2 aromatic rings. The lowest BCUT2D eigenvalue weighted by Crippen LogP contribution is -2.30. The summed E-state index contributed by atoms with van der Waals surface area (Å²) in [5, 5.41) is 10.6. The highest BCUT2D eigenvalue weighted by Crippen LogP contribution is 2.31. The minimum Gasteiger partial charge on any atom is -0.348 e. The van der Waals surface area contributed by atoms with Crippen molar-refractivity contribution in [3.63, 3.8) is 0 Å². The summed E-state index contributed by atoms with van der Waals surface area (Å²) in [4.78, 5) is 22.4. The van der Waals surface area contributed by atoms with Gasteiger partial charge in [0, 0.05) is 31.8 Å². The summed E-state index contributed by atoms with van der Waals surface area (Å²) in [5.74, 6) is -0.406. The smallest absolute Gasteiger partial charge is 0.269 e. The zero-order chi connectivity index (χ0) is 15.6. The van der Waals surface area contributed by atoms with Gasteiger partial charge in [0.2, 0.25) is 5.78 Å². The monoisotopic (exact) mass is 326 g/mol. The molecule has 1 heterocycles. The number of Topliss-reactive ketones (excluding diaryl/α,β-unsaturated/α-hetero) is 1. The Hall–Kier alpha value is -1.85. The fourth-order valence-electron chi connectivity index (χ4n) is 1.96. The largest absolute Gasteiger partial charge is 0.348 e. The first-order valence-corrected chi connectivity index (χ1v) is 6.84. The molecule has 2 rings (SSSR count). The average molecular weight is 327 g/mol. The molecule has 5 nitrogen and oxygen atoms in total. The molecule has 0 amide bonds. The van der Waals surface area contributed by atoms with E-state index in [0.717, 1.165) is 0 Å². The molecule has 0 aliphatic heterocycles. The minimum atomic E-state index is -1.62. The van der Waals surface area contributed by atoms with E-state index in [4.69, 9.17) is 23.2 Å². The van der Waals surface area contributed by atoms with Crippen molar-refractivity contribution in [2.45, 2.75) is 10.8 Å². The first-order chi connectivity index (χ1) is 9.81. The second-order valence-electron chi connectivity index (χ2n) is 4.64. The minimum absolute atomic E-state index is 0.0257. The van der Waals surface area contributed by atoms with Crippen molar-refractivity contribution < 1.29 is 9.72 Å². The van der Waals surface area contributed by atoms with E-state index < -0.39 is 15.0 Å². The molecular weight excluding hydrogens is 315 g/mol. The number of carbonyl (C=O) groups excluding carboxylic acids is 1. The molecular formula is C14H12Cl2N2O3. The summed E-state index contributed by atoms with van der Waals surface area (Å²) >= 11 is 12.3. The van der Waals surface area contributed by atoms with Crippen molar-refractivity contribution in [3.8, 4) is 0 Å². The summed E-state index contributed by atoms with van der Waals surface area (Å²) in [6.45, 7) is 0. The van der Waals surface area contributed by atoms with Crippen LogP contribution < -0.4 is 0 Å². The second-order valence-corrected chi connectivity index (χ2v) is 6.12. The number of hydrogen-bond donors (Lipinski definition) is 0. The van der Waals surface area contributed by atoms with E-state index in [1.54, 1.807) is 29.9 Å². The number of carbonyl (C=O) groups is 1. The summed E-state index contributed by atoms with van der Waals surface area (Å²) < 4.78 is 0.0138. The van der Waals surface area contributed by atoms with Crippen LogP contribution in [0, 0.1) is 10.1 Å². The molecule has 0 aliphatic rings. The van der Waals surface area contributed by atoms with Gasteiger partial charge in [-0.3, -0.25) is 14.9 Å². The molecule has 21 heavy (non-hydrogen) atoms. The van der Waals surface area contributed by atoms with E-state index in [1.807, 2.05) is 0 Å². The van der Waals surface area contributed by atoms with Gasteiger partial charge in [0.1, 0.15) is 0 Å². The number of benzene rings is 1. The van der Waals surface area contributed by atoms with E-state index in [1.165, 1.54) is 24.3 Å². The third-order valence-corrected chi connectivity index (χ3v) is 3.69. The van der Waals surface area contributed by atoms with Crippen LogP contribution in [0.25, 0.3) is 0 Å². The quantitative estimate of drug-likeness (QED) is 0.365. The Balaban J connectivity index is 2.19. The highest BCUT2D eigenvalue weighted by Gasteiger charge is 2.36. The third-order valence-electron chi connectivity index (χ3n) is 3.08. The number of halogens is 2. The lowest BCUT2D eigenvalue weighted by molar-refractivity contribution is -0.384. The van der Waals surface area contributed by atoms with E-state index in [0.29, 0.717) is 11.3 Å². The summed E-state index contributed by atoms with van der Waals surface area (Å²) in [5.41, 5.74) is 1.03. The van der Waals surface area contributed by atoms with Crippen molar-refractivity contribution >= 4 is 34.7 Å². The molecule has 0 saturated heterocycles. The number of non-ortho nitro benzene ring substituents is 1. The number of aryl methyl sites for hydroxylation is 1. The normalized spacial score (nSPS) is 11.4. The zero-order valence-electron chi connectivity index (χ0n) is 11.1. The Bertz CT molecular complexity index is 678. The molecule has 0 saturated carbocycles. The van der Waals surface area contributed by atoms with Crippen molar-refractivity contribution in [1.29, 1.82) is 0 Å². The average Bonchev–Trinajstić information content (AvgIpc) is 2.84. The zero-order valence-corrected chi connectivity index (χ0v) is 12.6. The lowest BCUT2D eigenvalue weighted by Gasteiger charge is -2.18. The number of rotatable bonds is 5. The second kappa shape index (κ2) is 5.87. The number of nitro groups is 1. The van der Waals surface area contributed by atoms with Crippen molar-refractivity contribution in [3.05, 3.63) is 64.0 Å². The highest BCUT2D eigenvalue weighted by atomic mass is 35.5. The van der Waals surface area contributed by atoms with Gasteiger partial charge >= 0.3 is 0 Å². The van der Waals surface area contributed by atoms with Gasteiger partial charge in [-0.25, -0.2) is 0 Å². The molecule has 0 bridgehead atoms. The first-order valence-electron chi connectivity index (χ1n) is 6.08. The van der Waals surface area contributed by atoms with Crippen LogP contribution in [-0.4, -0.2) is 19.6 Å². The third kappa shape index (κ3) is 3.43. The van der Waals surface area contributed by atoms with E-state index in [2.05, 4.69) is 0 Å². The van der Waals surface area contributed by atoms with Crippen LogP contribution in [-0.2, 0) is 13.5 Å². The van der Waals surface area contributed by atoms with Crippen molar-refractivity contribution in [1.82, 2.24) is 4.57 Å². The fourth-order valence-corrected chi connectivity index (χ4v) is 2.46. The first kappa shape index (κ1) is 15.5. The maximum Gasteiger partial charge on any atom is 0.269 e. The highest BCUT2D eigenvalue weighted by molar-refractivity contribution is 6.59. The molecule has 1 aromatic heterocycles. The Morgan fingerprint density at radius 3 is 2.38 bits per heavy atom.